The first-order valence-electron chi connectivity index (χ1n) is 7.34. The quantitative estimate of drug-likeness (QED) is 0.908. The van der Waals surface area contributed by atoms with Crippen molar-refractivity contribution in [3.05, 3.63) is 24.0 Å². The van der Waals surface area contributed by atoms with Crippen LogP contribution in [0.15, 0.2) is 18.3 Å². The maximum Gasteiger partial charge on any atom is 0.320 e. The van der Waals surface area contributed by atoms with E-state index in [0.717, 1.165) is 0 Å². The zero-order valence-electron chi connectivity index (χ0n) is 12.8. The third-order valence-electron chi connectivity index (χ3n) is 4.06. The Morgan fingerprint density at radius 2 is 1.76 bits per heavy atom. The van der Waals surface area contributed by atoms with Crippen LogP contribution in [0.5, 0.6) is 0 Å². The largest absolute Gasteiger partial charge is 0.480 e. The SMILES string of the molecule is CC(C(=O)O)N1CCN(C(=O)c2cccn2C(C)C)CC1. The predicted octanol–water partition coefficient (Wildman–Crippen LogP) is 1.30. The fraction of sp³-hybridized carbons (Fsp3) is 0.600. The molecular weight excluding hydrogens is 270 g/mol. The molecule has 1 N–H and O–H groups in total. The lowest BCUT2D eigenvalue weighted by Gasteiger charge is -2.36. The third-order valence-corrected chi connectivity index (χ3v) is 4.06. The number of amides is 1. The summed E-state index contributed by atoms with van der Waals surface area (Å²) < 4.78 is 1.97. The molecule has 0 saturated carbocycles. The Labute approximate surface area is 124 Å². The van der Waals surface area contributed by atoms with Crippen molar-refractivity contribution in [2.75, 3.05) is 26.2 Å². The van der Waals surface area contributed by atoms with Crippen LogP contribution in [-0.2, 0) is 4.79 Å². The average molecular weight is 293 g/mol. The number of aromatic nitrogens is 1. The maximum absolute atomic E-state index is 12.6. The van der Waals surface area contributed by atoms with E-state index in [0.29, 0.717) is 31.9 Å². The van der Waals surface area contributed by atoms with Crippen molar-refractivity contribution in [3.63, 3.8) is 0 Å². The van der Waals surface area contributed by atoms with Crippen LogP contribution in [0.4, 0.5) is 0 Å². The summed E-state index contributed by atoms with van der Waals surface area (Å²) in [6.45, 7) is 8.11. The molecule has 1 aliphatic heterocycles. The number of hydrogen-bond donors (Lipinski definition) is 1. The molecule has 1 atom stereocenters. The van der Waals surface area contributed by atoms with Crippen LogP contribution in [-0.4, -0.2) is 63.6 Å². The van der Waals surface area contributed by atoms with E-state index in [1.807, 2.05) is 41.6 Å². The fourth-order valence-electron chi connectivity index (χ4n) is 2.66. The molecular formula is C15H23N3O3. The molecule has 1 fully saturated rings. The number of carbonyl (C=O) groups excluding carboxylic acids is 1. The van der Waals surface area contributed by atoms with Gasteiger partial charge in [0.15, 0.2) is 0 Å². The van der Waals surface area contributed by atoms with Gasteiger partial charge in [0.25, 0.3) is 5.91 Å². The molecule has 1 aromatic rings. The van der Waals surface area contributed by atoms with E-state index < -0.39 is 12.0 Å². The van der Waals surface area contributed by atoms with Gasteiger partial charge < -0.3 is 14.6 Å². The van der Waals surface area contributed by atoms with Gasteiger partial charge in [0, 0.05) is 38.4 Å². The number of carboxylic acids is 1. The summed E-state index contributed by atoms with van der Waals surface area (Å²) >= 11 is 0. The Balaban J connectivity index is 2.00. The van der Waals surface area contributed by atoms with E-state index in [2.05, 4.69) is 0 Å². The van der Waals surface area contributed by atoms with Crippen LogP contribution >= 0.6 is 0 Å². The summed E-state index contributed by atoms with van der Waals surface area (Å²) in [5, 5.41) is 9.03. The van der Waals surface area contributed by atoms with Crippen LogP contribution in [0.25, 0.3) is 0 Å². The van der Waals surface area contributed by atoms with Gasteiger partial charge in [-0.15, -0.1) is 0 Å². The van der Waals surface area contributed by atoms with Crippen LogP contribution in [0.3, 0.4) is 0 Å². The monoisotopic (exact) mass is 293 g/mol. The van der Waals surface area contributed by atoms with Gasteiger partial charge in [-0.2, -0.15) is 0 Å². The minimum atomic E-state index is -0.816. The molecule has 2 heterocycles. The number of piperazine rings is 1. The first kappa shape index (κ1) is 15.6. The minimum absolute atomic E-state index is 0.0244. The molecule has 1 unspecified atom stereocenters. The lowest BCUT2D eigenvalue weighted by atomic mass is 10.2. The molecule has 0 spiro atoms. The van der Waals surface area contributed by atoms with Crippen LogP contribution in [0.2, 0.25) is 0 Å². The highest BCUT2D eigenvalue weighted by Gasteiger charge is 2.28. The van der Waals surface area contributed by atoms with Gasteiger partial charge in [0.05, 0.1) is 0 Å². The molecule has 1 amide bonds. The molecule has 6 heteroatoms. The van der Waals surface area contributed by atoms with Gasteiger partial charge in [-0.05, 0) is 32.9 Å². The summed E-state index contributed by atoms with van der Waals surface area (Å²) in [6, 6.07) is 3.47. The Bertz CT molecular complexity index is 516. The molecule has 0 radical (unpaired) electrons. The van der Waals surface area contributed by atoms with Gasteiger partial charge in [0.2, 0.25) is 0 Å². The van der Waals surface area contributed by atoms with Crippen LogP contribution in [0, 0.1) is 0 Å². The zero-order chi connectivity index (χ0) is 15.6. The molecule has 2 rings (SSSR count). The van der Waals surface area contributed by atoms with Gasteiger partial charge in [-0.3, -0.25) is 14.5 Å². The highest BCUT2D eigenvalue weighted by atomic mass is 16.4. The van der Waals surface area contributed by atoms with Gasteiger partial charge in [-0.1, -0.05) is 0 Å². The lowest BCUT2D eigenvalue weighted by Crippen LogP contribution is -2.53. The van der Waals surface area contributed by atoms with Crippen molar-refractivity contribution < 1.29 is 14.7 Å². The van der Waals surface area contributed by atoms with Crippen molar-refractivity contribution in [2.24, 2.45) is 0 Å². The van der Waals surface area contributed by atoms with Crippen molar-refractivity contribution in [2.45, 2.75) is 32.9 Å². The Hall–Kier alpha value is -1.82. The van der Waals surface area contributed by atoms with E-state index >= 15 is 0 Å². The molecule has 1 aliphatic rings. The molecule has 6 nitrogen and oxygen atoms in total. The number of carbonyl (C=O) groups is 2. The summed E-state index contributed by atoms with van der Waals surface area (Å²) in [6.07, 6.45) is 1.92. The molecule has 0 bridgehead atoms. The smallest absolute Gasteiger partial charge is 0.320 e. The van der Waals surface area contributed by atoms with Crippen LogP contribution in [0.1, 0.15) is 37.3 Å². The van der Waals surface area contributed by atoms with Crippen molar-refractivity contribution in [1.29, 1.82) is 0 Å². The van der Waals surface area contributed by atoms with Gasteiger partial charge in [-0.25, -0.2) is 0 Å². The third kappa shape index (κ3) is 3.26. The van der Waals surface area contributed by atoms with Gasteiger partial charge >= 0.3 is 5.97 Å². The maximum atomic E-state index is 12.6. The standard InChI is InChI=1S/C15H23N3O3/c1-11(2)18-6-4-5-13(18)14(19)17-9-7-16(8-10-17)12(3)15(20)21/h4-6,11-12H,7-10H2,1-3H3,(H,20,21). The second-order valence-electron chi connectivity index (χ2n) is 5.74. The van der Waals surface area contributed by atoms with E-state index in [4.69, 9.17) is 5.11 Å². The zero-order valence-corrected chi connectivity index (χ0v) is 12.8. The summed E-state index contributed by atoms with van der Waals surface area (Å²) in [5.74, 6) is -0.792. The first-order valence-corrected chi connectivity index (χ1v) is 7.34. The van der Waals surface area contributed by atoms with Crippen molar-refractivity contribution >= 4 is 11.9 Å². The molecule has 21 heavy (non-hydrogen) atoms. The average Bonchev–Trinajstić information content (AvgIpc) is 2.95. The number of rotatable bonds is 4. The topological polar surface area (TPSA) is 65.8 Å². The van der Waals surface area contributed by atoms with Gasteiger partial charge in [0.1, 0.15) is 11.7 Å². The van der Waals surface area contributed by atoms with Crippen molar-refractivity contribution in [3.8, 4) is 0 Å². The predicted molar refractivity (Wildman–Crippen MR) is 79.4 cm³/mol. The van der Waals surface area contributed by atoms with E-state index in [1.165, 1.54) is 0 Å². The highest BCUT2D eigenvalue weighted by Crippen LogP contribution is 2.15. The molecule has 116 valence electrons. The van der Waals surface area contributed by atoms with E-state index in [-0.39, 0.29) is 11.9 Å². The lowest BCUT2D eigenvalue weighted by molar-refractivity contribution is -0.143. The van der Waals surface area contributed by atoms with E-state index in [9.17, 15) is 9.59 Å². The Morgan fingerprint density at radius 1 is 1.14 bits per heavy atom. The molecule has 1 aromatic heterocycles. The molecule has 0 aromatic carbocycles. The second-order valence-corrected chi connectivity index (χ2v) is 5.74. The summed E-state index contributed by atoms with van der Waals surface area (Å²) in [7, 11) is 0. The normalized spacial score (nSPS) is 18.0. The second kappa shape index (κ2) is 6.30. The number of hydrogen-bond acceptors (Lipinski definition) is 3. The van der Waals surface area contributed by atoms with Crippen molar-refractivity contribution in [1.82, 2.24) is 14.4 Å². The highest BCUT2D eigenvalue weighted by molar-refractivity contribution is 5.93. The Morgan fingerprint density at radius 3 is 2.29 bits per heavy atom. The molecule has 0 aliphatic carbocycles. The number of carboxylic acid groups (broad SMARTS) is 1. The minimum Gasteiger partial charge on any atom is -0.480 e. The van der Waals surface area contributed by atoms with Crippen LogP contribution < -0.4 is 0 Å². The fourth-order valence-corrected chi connectivity index (χ4v) is 2.66. The first-order chi connectivity index (χ1) is 9.91. The summed E-state index contributed by atoms with van der Waals surface area (Å²) in [4.78, 5) is 27.3. The summed E-state index contributed by atoms with van der Waals surface area (Å²) in [5.41, 5.74) is 0.699. The Kier molecular flexibility index (Phi) is 4.67. The number of nitrogens with zero attached hydrogens (tertiary/aromatic N) is 3. The van der Waals surface area contributed by atoms with E-state index in [1.54, 1.807) is 11.8 Å². The number of aliphatic carboxylic acids is 1. The molecule has 1 saturated heterocycles.